The van der Waals surface area contributed by atoms with Crippen molar-refractivity contribution in [3.05, 3.63) is 15.6 Å². The first kappa shape index (κ1) is 13.3. The van der Waals surface area contributed by atoms with E-state index < -0.39 is 0 Å². The average molecular weight is 290 g/mol. The lowest BCUT2D eigenvalue weighted by Gasteiger charge is -2.39. The van der Waals surface area contributed by atoms with E-state index in [9.17, 15) is 0 Å². The number of thiazole rings is 1. The van der Waals surface area contributed by atoms with Crippen LogP contribution >= 0.6 is 11.3 Å². The lowest BCUT2D eigenvalue weighted by atomic mass is 9.76. The zero-order valence-corrected chi connectivity index (χ0v) is 13.4. The van der Waals surface area contributed by atoms with Gasteiger partial charge in [0.2, 0.25) is 0 Å². The monoisotopic (exact) mass is 290 g/mol. The highest BCUT2D eigenvalue weighted by Gasteiger charge is 2.43. The molecule has 1 heterocycles. The highest BCUT2D eigenvalue weighted by atomic mass is 32.1. The van der Waals surface area contributed by atoms with Crippen LogP contribution in [0.25, 0.3) is 0 Å². The Labute approximate surface area is 126 Å². The quantitative estimate of drug-likeness (QED) is 0.903. The third-order valence-corrected chi connectivity index (χ3v) is 6.67. The Morgan fingerprint density at radius 1 is 1.15 bits per heavy atom. The molecule has 1 aromatic rings. The van der Waals surface area contributed by atoms with Gasteiger partial charge in [-0.05, 0) is 57.3 Å². The summed E-state index contributed by atoms with van der Waals surface area (Å²) in [5.41, 5.74) is 1.66. The molecule has 3 heteroatoms. The van der Waals surface area contributed by atoms with E-state index in [2.05, 4.69) is 12.2 Å². The van der Waals surface area contributed by atoms with Gasteiger partial charge in [-0.15, -0.1) is 11.3 Å². The van der Waals surface area contributed by atoms with Crippen molar-refractivity contribution in [1.82, 2.24) is 10.3 Å². The van der Waals surface area contributed by atoms with Crippen LogP contribution in [0.15, 0.2) is 0 Å². The van der Waals surface area contributed by atoms with Crippen molar-refractivity contribution in [3.8, 4) is 0 Å². The number of hydrogen-bond donors (Lipinski definition) is 1. The Morgan fingerprint density at radius 3 is 2.75 bits per heavy atom. The van der Waals surface area contributed by atoms with Gasteiger partial charge in [-0.1, -0.05) is 19.8 Å². The highest BCUT2D eigenvalue weighted by molar-refractivity contribution is 7.11. The maximum absolute atomic E-state index is 5.12. The van der Waals surface area contributed by atoms with Crippen molar-refractivity contribution in [2.24, 2.45) is 5.92 Å². The summed E-state index contributed by atoms with van der Waals surface area (Å²) in [7, 11) is 0. The first-order valence-electron chi connectivity index (χ1n) is 8.52. The second-order valence-electron chi connectivity index (χ2n) is 7.30. The SMILES string of the molecule is CC1CCCC(NC2CC2)(c2nc3c(s2)CCCC3)C1. The lowest BCUT2D eigenvalue weighted by Crippen LogP contribution is -2.46. The minimum atomic E-state index is 0.223. The Hall–Kier alpha value is -0.410. The van der Waals surface area contributed by atoms with Gasteiger partial charge in [0.15, 0.2) is 0 Å². The van der Waals surface area contributed by atoms with Crippen LogP contribution in [0.4, 0.5) is 0 Å². The molecule has 2 saturated carbocycles. The summed E-state index contributed by atoms with van der Waals surface area (Å²) in [5.74, 6) is 0.843. The molecule has 2 fully saturated rings. The Kier molecular flexibility index (Phi) is 3.38. The van der Waals surface area contributed by atoms with Gasteiger partial charge >= 0.3 is 0 Å². The van der Waals surface area contributed by atoms with Gasteiger partial charge < -0.3 is 5.32 Å². The van der Waals surface area contributed by atoms with Crippen molar-refractivity contribution in [1.29, 1.82) is 0 Å². The number of hydrogen-bond acceptors (Lipinski definition) is 3. The number of fused-ring (bicyclic) bond motifs is 1. The molecule has 1 aromatic heterocycles. The molecule has 3 aliphatic rings. The molecule has 110 valence electrons. The highest BCUT2D eigenvalue weighted by Crippen LogP contribution is 2.44. The van der Waals surface area contributed by atoms with Crippen LogP contribution in [-0.2, 0) is 18.4 Å². The summed E-state index contributed by atoms with van der Waals surface area (Å²) in [4.78, 5) is 6.72. The second-order valence-corrected chi connectivity index (χ2v) is 8.38. The zero-order valence-electron chi connectivity index (χ0n) is 12.6. The van der Waals surface area contributed by atoms with Crippen LogP contribution in [0.2, 0.25) is 0 Å². The number of aromatic nitrogens is 1. The minimum absolute atomic E-state index is 0.223. The molecule has 2 unspecified atom stereocenters. The Morgan fingerprint density at radius 2 is 2.00 bits per heavy atom. The van der Waals surface area contributed by atoms with E-state index in [0.29, 0.717) is 0 Å². The van der Waals surface area contributed by atoms with E-state index in [-0.39, 0.29) is 5.54 Å². The summed E-state index contributed by atoms with van der Waals surface area (Å²) in [6.45, 7) is 2.43. The second kappa shape index (κ2) is 5.10. The van der Waals surface area contributed by atoms with Crippen molar-refractivity contribution in [3.63, 3.8) is 0 Å². The summed E-state index contributed by atoms with van der Waals surface area (Å²) >= 11 is 2.04. The first-order valence-corrected chi connectivity index (χ1v) is 9.34. The molecule has 0 bridgehead atoms. The van der Waals surface area contributed by atoms with Gasteiger partial charge in [0.25, 0.3) is 0 Å². The molecular formula is C17H26N2S. The van der Waals surface area contributed by atoms with Crippen molar-refractivity contribution >= 4 is 11.3 Å². The zero-order chi connectivity index (χ0) is 13.6. The van der Waals surface area contributed by atoms with E-state index in [1.807, 2.05) is 11.3 Å². The molecule has 2 nitrogen and oxygen atoms in total. The molecule has 0 aromatic carbocycles. The fourth-order valence-corrected chi connectivity index (χ4v) is 5.45. The van der Waals surface area contributed by atoms with E-state index in [1.54, 1.807) is 4.88 Å². The third-order valence-electron chi connectivity index (χ3n) is 5.31. The summed E-state index contributed by atoms with van der Waals surface area (Å²) < 4.78 is 0. The van der Waals surface area contributed by atoms with Gasteiger partial charge in [0, 0.05) is 10.9 Å². The van der Waals surface area contributed by atoms with Crippen LogP contribution in [0.3, 0.4) is 0 Å². The molecule has 0 radical (unpaired) electrons. The molecule has 0 amide bonds. The molecule has 0 spiro atoms. The van der Waals surface area contributed by atoms with Gasteiger partial charge in [0.1, 0.15) is 5.01 Å². The largest absolute Gasteiger partial charge is 0.303 e. The van der Waals surface area contributed by atoms with E-state index in [4.69, 9.17) is 4.98 Å². The fourth-order valence-electron chi connectivity index (χ4n) is 4.11. The lowest BCUT2D eigenvalue weighted by molar-refractivity contribution is 0.184. The predicted octanol–water partition coefficient (Wildman–Crippen LogP) is 4.18. The molecule has 20 heavy (non-hydrogen) atoms. The molecular weight excluding hydrogens is 264 g/mol. The molecule has 3 aliphatic carbocycles. The van der Waals surface area contributed by atoms with Crippen molar-refractivity contribution < 1.29 is 0 Å². The van der Waals surface area contributed by atoms with Crippen molar-refractivity contribution in [2.45, 2.75) is 82.7 Å². The maximum Gasteiger partial charge on any atom is 0.113 e. The first-order chi connectivity index (χ1) is 9.75. The van der Waals surface area contributed by atoms with Crippen LogP contribution in [0.5, 0.6) is 0 Å². The van der Waals surface area contributed by atoms with E-state index in [1.165, 1.54) is 74.9 Å². The van der Waals surface area contributed by atoms with Crippen molar-refractivity contribution in [2.75, 3.05) is 0 Å². The van der Waals surface area contributed by atoms with Crippen LogP contribution < -0.4 is 5.32 Å². The Balaban J connectivity index is 1.67. The summed E-state index contributed by atoms with van der Waals surface area (Å²) in [6, 6.07) is 0.779. The standard InChI is InChI=1S/C17H26N2S/c1-12-5-4-10-17(11-12,19-13-8-9-13)16-18-14-6-2-3-7-15(14)20-16/h12-13,19H,2-11H2,1H3. The van der Waals surface area contributed by atoms with Crippen LogP contribution in [0, 0.1) is 5.92 Å². The summed E-state index contributed by atoms with van der Waals surface area (Å²) in [6.07, 6.45) is 13.3. The molecule has 2 atom stereocenters. The molecule has 1 N–H and O–H groups in total. The van der Waals surface area contributed by atoms with Crippen LogP contribution in [-0.4, -0.2) is 11.0 Å². The Bertz CT molecular complexity index is 464. The smallest absolute Gasteiger partial charge is 0.113 e. The third kappa shape index (κ3) is 2.43. The molecule has 4 rings (SSSR count). The average Bonchev–Trinajstić information content (AvgIpc) is 3.13. The topological polar surface area (TPSA) is 24.9 Å². The van der Waals surface area contributed by atoms with Gasteiger partial charge in [-0.25, -0.2) is 4.98 Å². The number of rotatable bonds is 3. The number of aryl methyl sites for hydroxylation is 2. The van der Waals surface area contributed by atoms with Gasteiger partial charge in [-0.2, -0.15) is 0 Å². The van der Waals surface area contributed by atoms with E-state index in [0.717, 1.165) is 12.0 Å². The molecule has 0 saturated heterocycles. The minimum Gasteiger partial charge on any atom is -0.303 e. The predicted molar refractivity (Wildman–Crippen MR) is 84.2 cm³/mol. The van der Waals surface area contributed by atoms with Gasteiger partial charge in [0.05, 0.1) is 11.2 Å². The summed E-state index contributed by atoms with van der Waals surface area (Å²) in [5, 5.41) is 5.44. The maximum atomic E-state index is 5.12. The number of nitrogens with one attached hydrogen (secondary N) is 1. The van der Waals surface area contributed by atoms with Gasteiger partial charge in [-0.3, -0.25) is 0 Å². The molecule has 0 aliphatic heterocycles. The fraction of sp³-hybridized carbons (Fsp3) is 0.824. The number of nitrogens with zero attached hydrogens (tertiary/aromatic N) is 1. The normalized spacial score (nSPS) is 34.0. The van der Waals surface area contributed by atoms with Crippen LogP contribution in [0.1, 0.15) is 73.9 Å². The van der Waals surface area contributed by atoms with E-state index >= 15 is 0 Å².